The molecule has 1 aromatic heterocycles. The predicted molar refractivity (Wildman–Crippen MR) is 56.1 cm³/mol. The van der Waals surface area contributed by atoms with Gasteiger partial charge in [-0.2, -0.15) is 0 Å². The van der Waals surface area contributed by atoms with Gasteiger partial charge in [-0.3, -0.25) is 0 Å². The molecule has 13 heavy (non-hydrogen) atoms. The Balaban J connectivity index is 0.000000845. The van der Waals surface area contributed by atoms with Crippen molar-refractivity contribution >= 4 is 23.4 Å². The fraction of sp³-hybridized carbons (Fsp3) is 0.200. The van der Waals surface area contributed by atoms with Crippen molar-refractivity contribution in [3.05, 3.63) is 35.6 Å². The third-order valence-corrected chi connectivity index (χ3v) is 2.03. The first-order valence-electron chi connectivity index (χ1n) is 3.98. The van der Waals surface area contributed by atoms with E-state index in [1.807, 2.05) is 13.0 Å². The minimum atomic E-state index is 0. The largest absolute Gasteiger partial charge is 0.464 e. The van der Waals surface area contributed by atoms with Crippen LogP contribution in [0.15, 0.2) is 28.9 Å². The maximum atomic E-state index is 5.55. The Morgan fingerprint density at radius 1 is 1.38 bits per heavy atom. The average molecular weight is 198 g/mol. The van der Waals surface area contributed by atoms with E-state index in [4.69, 9.17) is 10.2 Å². The van der Waals surface area contributed by atoms with Gasteiger partial charge >= 0.3 is 0 Å². The van der Waals surface area contributed by atoms with Gasteiger partial charge in [0.15, 0.2) is 0 Å². The van der Waals surface area contributed by atoms with Gasteiger partial charge in [0.2, 0.25) is 0 Å². The molecule has 0 unspecified atom stereocenters. The molecule has 1 heterocycles. The fourth-order valence-corrected chi connectivity index (χ4v) is 1.46. The molecule has 2 nitrogen and oxygen atoms in total. The van der Waals surface area contributed by atoms with Crippen LogP contribution in [-0.4, -0.2) is 0 Å². The van der Waals surface area contributed by atoms with Crippen molar-refractivity contribution in [2.24, 2.45) is 5.73 Å². The zero-order chi connectivity index (χ0) is 8.55. The average Bonchev–Trinajstić information content (AvgIpc) is 2.52. The Kier molecular flexibility index (Phi) is 2.96. The lowest BCUT2D eigenvalue weighted by Crippen LogP contribution is -1.96. The lowest BCUT2D eigenvalue weighted by molar-refractivity contribution is 0.613. The van der Waals surface area contributed by atoms with Crippen molar-refractivity contribution in [3.8, 4) is 0 Å². The minimum absolute atomic E-state index is 0. The normalized spacial score (nSPS) is 10.0. The Morgan fingerprint density at radius 3 is 2.85 bits per heavy atom. The Hall–Kier alpha value is -0.990. The second-order valence-electron chi connectivity index (χ2n) is 2.96. The third-order valence-electron chi connectivity index (χ3n) is 2.03. The summed E-state index contributed by atoms with van der Waals surface area (Å²) in [4.78, 5) is 0. The van der Waals surface area contributed by atoms with Crippen LogP contribution in [0.1, 0.15) is 11.1 Å². The van der Waals surface area contributed by atoms with Crippen LogP contribution < -0.4 is 5.73 Å². The summed E-state index contributed by atoms with van der Waals surface area (Å²) < 4.78 is 5.31. The Bertz CT molecular complexity index is 408. The number of hydrogen-bond acceptors (Lipinski definition) is 2. The Morgan fingerprint density at radius 2 is 2.15 bits per heavy atom. The molecule has 0 saturated heterocycles. The highest BCUT2D eigenvalue weighted by atomic mass is 35.5. The topological polar surface area (TPSA) is 39.2 Å². The molecule has 0 aliphatic heterocycles. The quantitative estimate of drug-likeness (QED) is 0.764. The van der Waals surface area contributed by atoms with Gasteiger partial charge in [-0.05, 0) is 30.2 Å². The molecule has 0 spiro atoms. The van der Waals surface area contributed by atoms with Crippen LogP contribution in [0.2, 0.25) is 0 Å². The first kappa shape index (κ1) is 10.1. The molecule has 1 aromatic carbocycles. The molecule has 0 bridgehead atoms. The number of furan rings is 1. The highest BCUT2D eigenvalue weighted by Gasteiger charge is 2.01. The minimum Gasteiger partial charge on any atom is -0.464 e. The monoisotopic (exact) mass is 197 g/mol. The standard InChI is InChI=1S/C10H11NO.ClH/c1-7-4-8(6-11)5-9-2-3-12-10(7)9;/h2-5H,6,11H2,1H3;1H. The van der Waals surface area contributed by atoms with Gasteiger partial charge in [0.05, 0.1) is 6.26 Å². The molecule has 0 amide bonds. The molecule has 0 atom stereocenters. The first-order chi connectivity index (χ1) is 5.81. The van der Waals surface area contributed by atoms with E-state index in [1.165, 1.54) is 0 Å². The third kappa shape index (κ3) is 1.69. The van der Waals surface area contributed by atoms with Gasteiger partial charge < -0.3 is 10.2 Å². The molecule has 0 radical (unpaired) electrons. The zero-order valence-electron chi connectivity index (χ0n) is 7.41. The summed E-state index contributed by atoms with van der Waals surface area (Å²) in [7, 11) is 0. The van der Waals surface area contributed by atoms with Crippen LogP contribution in [0, 0.1) is 6.92 Å². The van der Waals surface area contributed by atoms with Gasteiger partial charge in [-0.25, -0.2) is 0 Å². The first-order valence-corrected chi connectivity index (χ1v) is 3.98. The van der Waals surface area contributed by atoms with Gasteiger partial charge in [0.1, 0.15) is 5.58 Å². The van der Waals surface area contributed by atoms with Crippen LogP contribution in [0.25, 0.3) is 11.0 Å². The van der Waals surface area contributed by atoms with E-state index in [2.05, 4.69) is 12.1 Å². The molecule has 0 saturated carbocycles. The number of nitrogens with two attached hydrogens (primary N) is 1. The molecular weight excluding hydrogens is 186 g/mol. The van der Waals surface area contributed by atoms with Crippen molar-refractivity contribution in [1.29, 1.82) is 0 Å². The molecular formula is C10H12ClNO. The number of halogens is 1. The second kappa shape index (κ2) is 3.81. The van der Waals surface area contributed by atoms with Crippen LogP contribution in [0.5, 0.6) is 0 Å². The van der Waals surface area contributed by atoms with Crippen molar-refractivity contribution in [1.82, 2.24) is 0 Å². The summed E-state index contributed by atoms with van der Waals surface area (Å²) in [5, 5.41) is 1.13. The van der Waals surface area contributed by atoms with Crippen molar-refractivity contribution in [3.63, 3.8) is 0 Å². The van der Waals surface area contributed by atoms with E-state index in [9.17, 15) is 0 Å². The molecule has 3 heteroatoms. The highest BCUT2D eigenvalue weighted by molar-refractivity contribution is 5.85. The molecule has 70 valence electrons. The highest BCUT2D eigenvalue weighted by Crippen LogP contribution is 2.21. The van der Waals surface area contributed by atoms with E-state index in [-0.39, 0.29) is 12.4 Å². The maximum absolute atomic E-state index is 5.55. The van der Waals surface area contributed by atoms with E-state index in [1.54, 1.807) is 6.26 Å². The smallest absolute Gasteiger partial charge is 0.136 e. The summed E-state index contributed by atoms with van der Waals surface area (Å²) >= 11 is 0. The second-order valence-corrected chi connectivity index (χ2v) is 2.96. The summed E-state index contributed by atoms with van der Waals surface area (Å²) in [6.07, 6.45) is 1.71. The molecule has 0 aliphatic carbocycles. The van der Waals surface area contributed by atoms with Crippen molar-refractivity contribution in [2.75, 3.05) is 0 Å². The van der Waals surface area contributed by atoms with Gasteiger partial charge in [0.25, 0.3) is 0 Å². The molecule has 2 N–H and O–H groups in total. The van der Waals surface area contributed by atoms with Crippen molar-refractivity contribution in [2.45, 2.75) is 13.5 Å². The predicted octanol–water partition coefficient (Wildman–Crippen LogP) is 2.62. The molecule has 0 fully saturated rings. The van der Waals surface area contributed by atoms with E-state index >= 15 is 0 Å². The lowest BCUT2D eigenvalue weighted by atomic mass is 10.1. The lowest BCUT2D eigenvalue weighted by Gasteiger charge is -1.99. The number of hydrogen-bond donors (Lipinski definition) is 1. The number of fused-ring (bicyclic) bond motifs is 1. The Labute approximate surface area is 83.1 Å². The number of benzene rings is 1. The van der Waals surface area contributed by atoms with E-state index in [0.29, 0.717) is 6.54 Å². The summed E-state index contributed by atoms with van der Waals surface area (Å²) in [6, 6.07) is 6.08. The van der Waals surface area contributed by atoms with Crippen LogP contribution in [0.4, 0.5) is 0 Å². The number of rotatable bonds is 1. The van der Waals surface area contributed by atoms with Gasteiger partial charge in [-0.15, -0.1) is 12.4 Å². The molecule has 2 aromatic rings. The van der Waals surface area contributed by atoms with E-state index in [0.717, 1.165) is 22.1 Å². The van der Waals surface area contributed by atoms with E-state index < -0.39 is 0 Å². The number of aryl methyl sites for hydroxylation is 1. The zero-order valence-corrected chi connectivity index (χ0v) is 8.23. The summed E-state index contributed by atoms with van der Waals surface area (Å²) in [6.45, 7) is 2.62. The van der Waals surface area contributed by atoms with Crippen LogP contribution >= 0.6 is 12.4 Å². The molecule has 2 rings (SSSR count). The van der Waals surface area contributed by atoms with Crippen molar-refractivity contribution < 1.29 is 4.42 Å². The summed E-state index contributed by atoms with van der Waals surface area (Å²) in [5.41, 5.74) is 8.82. The van der Waals surface area contributed by atoms with Crippen LogP contribution in [0.3, 0.4) is 0 Å². The van der Waals surface area contributed by atoms with Crippen LogP contribution in [-0.2, 0) is 6.54 Å². The maximum Gasteiger partial charge on any atom is 0.136 e. The fourth-order valence-electron chi connectivity index (χ4n) is 1.46. The SMILES string of the molecule is Cc1cc(CN)cc2ccoc12.Cl. The van der Waals surface area contributed by atoms with Gasteiger partial charge in [0, 0.05) is 11.9 Å². The summed E-state index contributed by atoms with van der Waals surface area (Å²) in [5.74, 6) is 0. The van der Waals surface area contributed by atoms with Gasteiger partial charge in [-0.1, -0.05) is 6.07 Å². The molecule has 0 aliphatic rings.